The van der Waals surface area contributed by atoms with E-state index in [1.54, 1.807) is 0 Å². The van der Waals surface area contributed by atoms with Gasteiger partial charge in [-0.2, -0.15) is 0 Å². The van der Waals surface area contributed by atoms with Crippen LogP contribution >= 0.6 is 22.6 Å². The molecule has 2 atom stereocenters. The Labute approximate surface area is 180 Å². The maximum absolute atomic E-state index is 12.8. The molecule has 0 spiro atoms. The second-order valence-electron chi connectivity index (χ2n) is 9.54. The van der Waals surface area contributed by atoms with Gasteiger partial charge in [0.2, 0.25) is 0 Å². The second kappa shape index (κ2) is 9.52. The molecule has 1 saturated carbocycles. The van der Waals surface area contributed by atoms with Crippen LogP contribution in [0, 0.1) is 10.8 Å². The van der Waals surface area contributed by atoms with Crippen molar-refractivity contribution < 1.29 is 18.8 Å². The second-order valence-corrected chi connectivity index (χ2v) is 15.1. The van der Waals surface area contributed by atoms with Gasteiger partial charge in [-0.05, 0) is 43.8 Å². The highest BCUT2D eigenvalue weighted by atomic mass is 127. The average Bonchev–Trinajstić information content (AvgIpc) is 2.84. The molecule has 1 aliphatic rings. The van der Waals surface area contributed by atoms with E-state index in [4.69, 9.17) is 4.43 Å². The zero-order chi connectivity index (χ0) is 20.9. The van der Waals surface area contributed by atoms with E-state index in [2.05, 4.69) is 68.1 Å². The fraction of sp³-hybridized carbons (Fsp3) is 0.810. The Morgan fingerprint density at radius 3 is 2.48 bits per heavy atom. The molecule has 0 amide bonds. The van der Waals surface area contributed by atoms with Crippen molar-refractivity contribution in [2.45, 2.75) is 77.9 Å². The number of carbonyl (C=O) groups excluding carboxylic acids is 2. The molecule has 0 bridgehead atoms. The normalized spacial score (nSPS) is 26.7. The number of esters is 1. The molecule has 0 saturated heterocycles. The van der Waals surface area contributed by atoms with Gasteiger partial charge in [-0.15, -0.1) is 0 Å². The molecule has 0 aromatic heterocycles. The molecule has 1 rings (SSSR count). The molecule has 156 valence electrons. The van der Waals surface area contributed by atoms with E-state index >= 15 is 0 Å². The predicted molar refractivity (Wildman–Crippen MR) is 122 cm³/mol. The van der Waals surface area contributed by atoms with E-state index in [1.807, 2.05) is 6.08 Å². The van der Waals surface area contributed by atoms with Crippen molar-refractivity contribution in [1.82, 2.24) is 0 Å². The van der Waals surface area contributed by atoms with Crippen molar-refractivity contribution in [2.75, 3.05) is 18.1 Å². The summed E-state index contributed by atoms with van der Waals surface area (Å²) in [5.74, 6) is 0.0555. The molecule has 0 aromatic rings. The summed E-state index contributed by atoms with van der Waals surface area (Å²) in [5, 5.41) is 0.154. The Morgan fingerprint density at radius 1 is 1.33 bits per heavy atom. The number of allylic oxidation sites excluding steroid dienone is 1. The molecule has 0 radical (unpaired) electrons. The lowest BCUT2D eigenvalue weighted by atomic mass is 9.65. The predicted octanol–water partition coefficient (Wildman–Crippen LogP) is 5.70. The number of rotatable bonds is 9. The number of ketones is 1. The first-order valence-corrected chi connectivity index (χ1v) is 14.3. The third-order valence-electron chi connectivity index (χ3n) is 6.88. The van der Waals surface area contributed by atoms with Crippen LogP contribution in [0.15, 0.2) is 12.2 Å². The molecule has 6 heteroatoms. The summed E-state index contributed by atoms with van der Waals surface area (Å²) < 4.78 is 12.1. The number of methoxy groups -OCH3 is 1. The molecule has 0 aromatic carbocycles. The Balaban J connectivity index is 2.94. The van der Waals surface area contributed by atoms with Gasteiger partial charge < -0.3 is 9.16 Å². The lowest BCUT2D eigenvalue weighted by Crippen LogP contribution is -2.49. The Kier molecular flexibility index (Phi) is 8.76. The van der Waals surface area contributed by atoms with Crippen molar-refractivity contribution in [3.8, 4) is 0 Å². The minimum Gasteiger partial charge on any atom is -0.466 e. The first-order chi connectivity index (χ1) is 12.4. The fourth-order valence-electron chi connectivity index (χ4n) is 3.46. The zero-order valence-corrected chi connectivity index (χ0v) is 21.3. The van der Waals surface area contributed by atoms with Crippen LogP contribution in [-0.2, 0) is 18.8 Å². The number of hydrogen-bond acceptors (Lipinski definition) is 4. The number of ether oxygens (including phenoxy) is 1. The summed E-state index contributed by atoms with van der Waals surface area (Å²) in [6, 6.07) is 0. The lowest BCUT2D eigenvalue weighted by Gasteiger charge is -2.45. The van der Waals surface area contributed by atoms with E-state index in [1.165, 1.54) is 13.2 Å². The van der Waals surface area contributed by atoms with Crippen LogP contribution in [-0.4, -0.2) is 38.2 Å². The van der Waals surface area contributed by atoms with Gasteiger partial charge in [0, 0.05) is 34.4 Å². The lowest BCUT2D eigenvalue weighted by molar-refractivity contribution is -0.134. The van der Waals surface area contributed by atoms with Gasteiger partial charge in [-0.1, -0.05) is 56.4 Å². The van der Waals surface area contributed by atoms with E-state index in [0.29, 0.717) is 18.8 Å². The SMILES string of the molecule is COC(=O)/C=C/CCC[C@]1(CO[Si](C)(C)C(C)(C)C)CCC(=O)[C@]1(C)CI. The summed E-state index contributed by atoms with van der Waals surface area (Å²) in [6.07, 6.45) is 7.59. The fourth-order valence-corrected chi connectivity index (χ4v) is 5.77. The van der Waals surface area contributed by atoms with Crippen LogP contribution in [0.5, 0.6) is 0 Å². The summed E-state index contributed by atoms with van der Waals surface area (Å²) >= 11 is 2.37. The molecule has 4 nitrogen and oxygen atoms in total. The van der Waals surface area contributed by atoms with E-state index < -0.39 is 8.32 Å². The number of hydrogen-bond donors (Lipinski definition) is 0. The van der Waals surface area contributed by atoms with Gasteiger partial charge in [0.1, 0.15) is 5.78 Å². The molecule has 1 aliphatic carbocycles. The molecule has 27 heavy (non-hydrogen) atoms. The van der Waals surface area contributed by atoms with Crippen molar-refractivity contribution in [1.29, 1.82) is 0 Å². The highest BCUT2D eigenvalue weighted by molar-refractivity contribution is 14.1. The maximum atomic E-state index is 12.8. The monoisotopic (exact) mass is 508 g/mol. The Hall–Kier alpha value is -0.213. The van der Waals surface area contributed by atoms with E-state index in [0.717, 1.165) is 30.1 Å². The number of halogens is 1. The Morgan fingerprint density at radius 2 is 1.96 bits per heavy atom. The third kappa shape index (κ3) is 5.66. The summed E-state index contributed by atoms with van der Waals surface area (Å²) in [4.78, 5) is 24.0. The Bertz CT molecular complexity index is 567. The minimum atomic E-state index is -1.88. The van der Waals surface area contributed by atoms with Gasteiger partial charge in [-0.25, -0.2) is 4.79 Å². The first-order valence-electron chi connectivity index (χ1n) is 9.83. The van der Waals surface area contributed by atoms with Crippen molar-refractivity contribution in [3.05, 3.63) is 12.2 Å². The van der Waals surface area contributed by atoms with E-state index in [9.17, 15) is 9.59 Å². The highest BCUT2D eigenvalue weighted by Gasteiger charge is 2.56. The van der Waals surface area contributed by atoms with Crippen LogP contribution in [0.25, 0.3) is 0 Å². The highest BCUT2D eigenvalue weighted by Crippen LogP contribution is 2.55. The molecular weight excluding hydrogens is 471 g/mol. The molecule has 0 unspecified atom stereocenters. The van der Waals surface area contributed by atoms with Crippen LogP contribution in [0.3, 0.4) is 0 Å². The summed E-state index contributed by atoms with van der Waals surface area (Å²) in [6.45, 7) is 14.1. The van der Waals surface area contributed by atoms with Crippen molar-refractivity contribution in [2.24, 2.45) is 10.8 Å². The van der Waals surface area contributed by atoms with Crippen LogP contribution in [0.4, 0.5) is 0 Å². The number of unbranched alkanes of at least 4 members (excludes halogenated alkanes) is 1. The van der Waals surface area contributed by atoms with Gasteiger partial charge >= 0.3 is 5.97 Å². The maximum Gasteiger partial charge on any atom is 0.330 e. The number of carbonyl (C=O) groups is 2. The first kappa shape index (κ1) is 24.8. The molecule has 1 fully saturated rings. The quantitative estimate of drug-likeness (QED) is 0.100. The van der Waals surface area contributed by atoms with Crippen LogP contribution in [0.2, 0.25) is 18.1 Å². The number of alkyl halides is 1. The van der Waals surface area contributed by atoms with Gasteiger partial charge in [0.25, 0.3) is 0 Å². The van der Waals surface area contributed by atoms with Gasteiger partial charge in [-0.3, -0.25) is 4.79 Å². The largest absolute Gasteiger partial charge is 0.466 e. The van der Waals surface area contributed by atoms with Crippen LogP contribution in [0.1, 0.15) is 59.8 Å². The van der Waals surface area contributed by atoms with Crippen molar-refractivity contribution in [3.63, 3.8) is 0 Å². The van der Waals surface area contributed by atoms with E-state index in [-0.39, 0.29) is 21.8 Å². The molecule has 0 N–H and O–H groups in total. The summed E-state index contributed by atoms with van der Waals surface area (Å²) in [7, 11) is -0.495. The van der Waals surface area contributed by atoms with Crippen LogP contribution < -0.4 is 0 Å². The number of Topliss-reactive ketones (excluding diaryl/α,β-unsaturated/α-hetero) is 1. The zero-order valence-electron chi connectivity index (χ0n) is 18.1. The third-order valence-corrected chi connectivity index (χ3v) is 12.9. The molecule has 0 aliphatic heterocycles. The van der Waals surface area contributed by atoms with Gasteiger partial charge in [0.15, 0.2) is 8.32 Å². The molecular formula is C21H37IO4Si. The molecule has 0 heterocycles. The average molecular weight is 509 g/mol. The smallest absolute Gasteiger partial charge is 0.330 e. The minimum absolute atomic E-state index is 0.111. The van der Waals surface area contributed by atoms with Gasteiger partial charge in [0.05, 0.1) is 7.11 Å². The topological polar surface area (TPSA) is 52.6 Å². The standard InChI is InChI=1S/C21H37IO4Si/c1-19(2,3)27(6,7)26-16-21(13-10-8-9-11-18(24)25-5)14-12-17(23)20(21,4)15-22/h9,11H,8,10,12-16H2,1-7H3/b11-9+/t20-,21+/m0/s1. The summed E-state index contributed by atoms with van der Waals surface area (Å²) in [5.41, 5.74) is -0.443. The van der Waals surface area contributed by atoms with Crippen molar-refractivity contribution >= 4 is 42.7 Å².